The number of aliphatic hydroxyl groups is 1. The summed E-state index contributed by atoms with van der Waals surface area (Å²) in [6.45, 7) is -0.310. The van der Waals surface area contributed by atoms with Crippen molar-refractivity contribution in [2.24, 2.45) is 0 Å². The van der Waals surface area contributed by atoms with Gasteiger partial charge in [0.1, 0.15) is 5.54 Å². The molecule has 4 rings (SSSR count). The maximum atomic E-state index is 14.9. The van der Waals surface area contributed by atoms with Crippen LogP contribution in [0.5, 0.6) is 0 Å². The number of hydrogen-bond donors (Lipinski definition) is 1. The Bertz CT molecular complexity index is 973. The number of benzene rings is 3. The van der Waals surface area contributed by atoms with Gasteiger partial charge in [-0.2, -0.15) is 0 Å². The molecule has 2 atom stereocenters. The summed E-state index contributed by atoms with van der Waals surface area (Å²) in [5.41, 5.74) is 2.67. The maximum Gasteiger partial charge on any atom is 0.158 e. The molecule has 0 fully saturated rings. The highest BCUT2D eigenvalue weighted by Crippen LogP contribution is 2.41. The van der Waals surface area contributed by atoms with E-state index in [0.29, 0.717) is 0 Å². The number of halogens is 2. The summed E-state index contributed by atoms with van der Waals surface area (Å²) in [5, 5.41) is 9.35. The third-order valence-electron chi connectivity index (χ3n) is 5.34. The summed E-state index contributed by atoms with van der Waals surface area (Å²) in [6, 6.07) is 30.4. The van der Waals surface area contributed by atoms with Crippen molar-refractivity contribution >= 4 is 15.9 Å². The molecule has 3 aromatic carbocycles. The van der Waals surface area contributed by atoms with Crippen LogP contribution in [0.3, 0.4) is 0 Å². The van der Waals surface area contributed by atoms with Crippen molar-refractivity contribution in [2.75, 3.05) is 6.61 Å². The predicted octanol–water partition coefficient (Wildman–Crippen LogP) is 5.49. The lowest BCUT2D eigenvalue weighted by molar-refractivity contribution is 0.231. The Morgan fingerprint density at radius 2 is 1.27 bits per heavy atom. The van der Waals surface area contributed by atoms with E-state index in [9.17, 15) is 9.50 Å². The summed E-state index contributed by atoms with van der Waals surface area (Å²) in [6.07, 6.45) is 1.99. The Morgan fingerprint density at radius 3 is 1.67 bits per heavy atom. The molecule has 0 saturated heterocycles. The Labute approximate surface area is 184 Å². The predicted molar refractivity (Wildman–Crippen MR) is 120 cm³/mol. The third-order valence-corrected chi connectivity index (χ3v) is 6.09. The lowest BCUT2D eigenvalue weighted by Crippen LogP contribution is -2.37. The molecule has 0 saturated carbocycles. The van der Waals surface area contributed by atoms with Crippen molar-refractivity contribution in [3.8, 4) is 0 Å². The van der Waals surface area contributed by atoms with Crippen LogP contribution < -0.4 is 0 Å². The van der Waals surface area contributed by atoms with Crippen molar-refractivity contribution in [3.63, 3.8) is 0 Å². The van der Waals surface area contributed by atoms with Crippen LogP contribution in [0.25, 0.3) is 0 Å². The topological polar surface area (TPSA) is 38.0 Å². The smallest absolute Gasteiger partial charge is 0.158 e. The minimum absolute atomic E-state index is 0.276. The van der Waals surface area contributed by atoms with Gasteiger partial charge in [0.25, 0.3) is 0 Å². The maximum absolute atomic E-state index is 14.9. The third kappa shape index (κ3) is 3.59. The van der Waals surface area contributed by atoms with Gasteiger partial charge < -0.3 is 9.67 Å². The molecule has 1 N–H and O–H groups in total. The molecule has 3 nitrogen and oxygen atoms in total. The van der Waals surface area contributed by atoms with Crippen molar-refractivity contribution < 1.29 is 9.50 Å². The molecule has 0 aliphatic heterocycles. The van der Waals surface area contributed by atoms with Gasteiger partial charge in [-0.25, -0.2) is 9.37 Å². The number of imidazole rings is 1. The second-order valence-corrected chi connectivity index (χ2v) is 8.29. The zero-order valence-electron chi connectivity index (χ0n) is 16.3. The van der Waals surface area contributed by atoms with Crippen molar-refractivity contribution in [3.05, 3.63) is 126 Å². The molecule has 0 amide bonds. The van der Waals surface area contributed by atoms with Gasteiger partial charge in [0.15, 0.2) is 6.17 Å². The number of alkyl halides is 2. The van der Waals surface area contributed by atoms with Crippen LogP contribution in [-0.4, -0.2) is 26.1 Å². The molecule has 1 heterocycles. The van der Waals surface area contributed by atoms with E-state index in [1.807, 2.05) is 59.2 Å². The Hall–Kier alpha value is -2.76. The SMILES string of the molecule is OC[C@H](Br)[C@@H](F)c1cn(C(c2ccccc2)(c2ccccc2)c2ccccc2)cn1. The van der Waals surface area contributed by atoms with Gasteiger partial charge in [-0.05, 0) is 16.7 Å². The van der Waals surface area contributed by atoms with Gasteiger partial charge in [-0.1, -0.05) is 107 Å². The molecule has 30 heavy (non-hydrogen) atoms. The van der Waals surface area contributed by atoms with E-state index in [0.717, 1.165) is 16.7 Å². The van der Waals surface area contributed by atoms with Crippen LogP contribution in [0.15, 0.2) is 104 Å². The minimum Gasteiger partial charge on any atom is -0.395 e. The standard InChI is InChI=1S/C25H22BrFN2O/c26-22(17-30)24(27)23-16-29(18-28-23)25(19-10-4-1-5-11-19,20-12-6-2-7-13-20)21-14-8-3-9-15-21/h1-16,18,22,24,30H,17H2/t22-,24+/m0/s1. The van der Waals surface area contributed by atoms with Gasteiger partial charge >= 0.3 is 0 Å². The average molecular weight is 465 g/mol. The summed E-state index contributed by atoms with van der Waals surface area (Å²) in [4.78, 5) is 3.67. The van der Waals surface area contributed by atoms with E-state index in [1.165, 1.54) is 0 Å². The Kier molecular flexibility index (Phi) is 6.11. The second-order valence-electron chi connectivity index (χ2n) is 7.11. The van der Waals surface area contributed by atoms with Gasteiger partial charge in [0.05, 0.1) is 23.5 Å². The quantitative estimate of drug-likeness (QED) is 0.290. The molecule has 152 valence electrons. The fourth-order valence-electron chi connectivity index (χ4n) is 3.93. The first-order valence-corrected chi connectivity index (χ1v) is 10.7. The normalized spacial score (nSPS) is 13.7. The summed E-state index contributed by atoms with van der Waals surface area (Å²) in [5.74, 6) is 0. The highest BCUT2D eigenvalue weighted by Gasteiger charge is 2.39. The van der Waals surface area contributed by atoms with Crippen LogP contribution in [0.4, 0.5) is 4.39 Å². The fourth-order valence-corrected chi connectivity index (χ4v) is 4.20. The van der Waals surface area contributed by atoms with Crippen LogP contribution in [0.1, 0.15) is 28.6 Å². The number of nitrogens with zero attached hydrogens (tertiary/aromatic N) is 2. The first kappa shape index (κ1) is 20.5. The molecule has 0 aliphatic rings. The van der Waals surface area contributed by atoms with Crippen molar-refractivity contribution in [1.29, 1.82) is 0 Å². The zero-order valence-corrected chi connectivity index (χ0v) is 17.9. The molecule has 0 unspecified atom stereocenters. The largest absolute Gasteiger partial charge is 0.395 e. The minimum atomic E-state index is -1.42. The van der Waals surface area contributed by atoms with Crippen LogP contribution in [-0.2, 0) is 5.54 Å². The highest BCUT2D eigenvalue weighted by atomic mass is 79.9. The molecule has 0 spiro atoms. The van der Waals surface area contributed by atoms with Gasteiger partial charge in [0, 0.05) is 6.20 Å². The Balaban J connectivity index is 2.00. The second kappa shape index (κ2) is 8.94. The highest BCUT2D eigenvalue weighted by molar-refractivity contribution is 9.09. The summed E-state index contributed by atoms with van der Waals surface area (Å²) in [7, 11) is 0. The van der Waals surface area contributed by atoms with Crippen LogP contribution in [0, 0.1) is 0 Å². The van der Waals surface area contributed by atoms with Gasteiger partial charge in [-0.3, -0.25) is 0 Å². The lowest BCUT2D eigenvalue weighted by Gasteiger charge is -2.37. The Morgan fingerprint density at radius 1 is 0.833 bits per heavy atom. The number of aromatic nitrogens is 2. The molecule has 4 aromatic rings. The molecule has 5 heteroatoms. The lowest BCUT2D eigenvalue weighted by atomic mass is 9.77. The molecule has 0 aliphatic carbocycles. The average Bonchev–Trinajstić information content (AvgIpc) is 3.31. The van der Waals surface area contributed by atoms with Crippen molar-refractivity contribution in [2.45, 2.75) is 16.5 Å². The molecule has 0 bridgehead atoms. The number of rotatable bonds is 7. The summed E-state index contributed by atoms with van der Waals surface area (Å²) < 4.78 is 16.8. The number of hydrogen-bond acceptors (Lipinski definition) is 2. The first-order chi connectivity index (χ1) is 14.7. The van der Waals surface area contributed by atoms with E-state index in [2.05, 4.69) is 57.3 Å². The molecule has 1 aromatic heterocycles. The van der Waals surface area contributed by atoms with Crippen LogP contribution in [0.2, 0.25) is 0 Å². The van der Waals surface area contributed by atoms with E-state index >= 15 is 0 Å². The van der Waals surface area contributed by atoms with E-state index in [-0.39, 0.29) is 12.3 Å². The van der Waals surface area contributed by atoms with E-state index < -0.39 is 16.5 Å². The van der Waals surface area contributed by atoms with Gasteiger partial charge in [0.2, 0.25) is 0 Å². The monoisotopic (exact) mass is 464 g/mol. The number of aliphatic hydroxyl groups excluding tert-OH is 1. The fraction of sp³-hybridized carbons (Fsp3) is 0.160. The van der Waals surface area contributed by atoms with E-state index in [4.69, 9.17) is 0 Å². The van der Waals surface area contributed by atoms with Crippen molar-refractivity contribution in [1.82, 2.24) is 9.55 Å². The first-order valence-electron chi connectivity index (χ1n) is 9.78. The van der Waals surface area contributed by atoms with E-state index in [1.54, 1.807) is 12.5 Å². The molecular weight excluding hydrogens is 443 g/mol. The van der Waals surface area contributed by atoms with Crippen LogP contribution >= 0.6 is 15.9 Å². The summed E-state index contributed by atoms with van der Waals surface area (Å²) >= 11 is 3.20. The zero-order chi connectivity index (χ0) is 21.0. The molecule has 0 radical (unpaired) electrons. The molecular formula is C25H22BrFN2O. The van der Waals surface area contributed by atoms with Gasteiger partial charge in [-0.15, -0.1) is 0 Å².